The monoisotopic (exact) mass is 435 g/mol. The van der Waals surface area contributed by atoms with E-state index in [4.69, 9.17) is 37.1 Å². The molecule has 1 saturated heterocycles. The lowest BCUT2D eigenvalue weighted by molar-refractivity contribution is -0.0838. The Balaban J connectivity index is 1.45. The number of nitrogen functional groups attached to an aromatic ring is 2. The molecule has 0 radical (unpaired) electrons. The average Bonchev–Trinajstić information content (AvgIpc) is 3.20. The summed E-state index contributed by atoms with van der Waals surface area (Å²) >= 11 is 5.25. The second-order valence-electron chi connectivity index (χ2n) is 6.89. The molecule has 0 bridgehead atoms. The summed E-state index contributed by atoms with van der Waals surface area (Å²) in [5.74, 6) is 0.827. The van der Waals surface area contributed by atoms with Gasteiger partial charge in [-0.2, -0.15) is 9.97 Å². The van der Waals surface area contributed by atoms with Crippen LogP contribution < -0.4 is 16.0 Å². The molecule has 152 valence electrons. The third kappa shape index (κ3) is 4.14. The second kappa shape index (κ2) is 7.77. The Kier molecular flexibility index (Phi) is 5.32. The standard InChI is InChI=1S/C17H20N6O4PS/c1-17(24)7-11(8-25-28(29)27-10-5-3-2-4-6-10)26-15(17)23-9-20-12-13(18)21-16(19)22-14(12)23/h2-6,9,11,15,24H,7-8H2,1H3,(H4,18,19,21,22)/q+1. The van der Waals surface area contributed by atoms with E-state index in [1.165, 1.54) is 6.33 Å². The van der Waals surface area contributed by atoms with Crippen LogP contribution in [0, 0.1) is 0 Å². The lowest BCUT2D eigenvalue weighted by Gasteiger charge is -2.24. The molecule has 1 aliphatic rings. The quantitative estimate of drug-likeness (QED) is 0.491. The maximum absolute atomic E-state index is 10.9. The van der Waals surface area contributed by atoms with Crippen LogP contribution in [-0.4, -0.2) is 42.9 Å². The van der Waals surface area contributed by atoms with Crippen molar-refractivity contribution in [2.75, 3.05) is 18.1 Å². The fraction of sp³-hybridized carbons (Fsp3) is 0.353. The Bertz CT molecular complexity index is 1050. The predicted octanol–water partition coefficient (Wildman–Crippen LogP) is 1.90. The van der Waals surface area contributed by atoms with Gasteiger partial charge < -0.3 is 21.3 Å². The first-order valence-corrected chi connectivity index (χ1v) is 11.0. The summed E-state index contributed by atoms with van der Waals surface area (Å²) in [5.41, 5.74) is 11.1. The fourth-order valence-electron chi connectivity index (χ4n) is 3.27. The smallest absolute Gasteiger partial charge is 0.385 e. The summed E-state index contributed by atoms with van der Waals surface area (Å²) in [4.78, 5) is 12.3. The van der Waals surface area contributed by atoms with Crippen LogP contribution in [-0.2, 0) is 21.1 Å². The summed E-state index contributed by atoms with van der Waals surface area (Å²) in [6.45, 7) is 1.86. The lowest BCUT2D eigenvalue weighted by Crippen LogP contribution is -2.32. The summed E-state index contributed by atoms with van der Waals surface area (Å²) in [6.07, 6.45) is 0.685. The van der Waals surface area contributed by atoms with Crippen LogP contribution in [0.5, 0.6) is 5.75 Å². The van der Waals surface area contributed by atoms with Gasteiger partial charge in [-0.1, -0.05) is 18.2 Å². The molecular formula is C17H20N6O4PS+. The summed E-state index contributed by atoms with van der Waals surface area (Å²) < 4.78 is 18.9. The van der Waals surface area contributed by atoms with E-state index in [2.05, 4.69) is 15.0 Å². The van der Waals surface area contributed by atoms with Crippen LogP contribution in [0.3, 0.4) is 0 Å². The molecule has 1 aromatic carbocycles. The predicted molar refractivity (Wildman–Crippen MR) is 111 cm³/mol. The number of benzene rings is 1. The van der Waals surface area contributed by atoms with Gasteiger partial charge in [-0.3, -0.25) is 9.09 Å². The first kappa shape index (κ1) is 19.9. The van der Waals surface area contributed by atoms with Gasteiger partial charge in [0.15, 0.2) is 23.4 Å². The molecule has 0 saturated carbocycles. The third-order valence-electron chi connectivity index (χ3n) is 4.50. The van der Waals surface area contributed by atoms with Crippen LogP contribution in [0.15, 0.2) is 36.7 Å². The molecule has 0 aliphatic carbocycles. The molecule has 0 spiro atoms. The van der Waals surface area contributed by atoms with E-state index in [9.17, 15) is 5.11 Å². The number of ether oxygens (including phenoxy) is 1. The van der Waals surface area contributed by atoms with Crippen molar-refractivity contribution in [1.29, 1.82) is 0 Å². The van der Waals surface area contributed by atoms with Crippen molar-refractivity contribution in [2.45, 2.75) is 31.3 Å². The molecule has 5 N–H and O–H groups in total. The number of hydrogen-bond acceptors (Lipinski definition) is 10. The highest BCUT2D eigenvalue weighted by atomic mass is 32.4. The van der Waals surface area contributed by atoms with E-state index in [1.54, 1.807) is 23.6 Å². The number of imidazole rings is 1. The number of aliphatic hydroxyl groups is 1. The van der Waals surface area contributed by atoms with Crippen molar-refractivity contribution in [3.05, 3.63) is 36.7 Å². The van der Waals surface area contributed by atoms with E-state index in [0.29, 0.717) is 23.3 Å². The summed E-state index contributed by atoms with van der Waals surface area (Å²) in [7, 11) is -1.55. The molecule has 4 unspecified atom stereocenters. The van der Waals surface area contributed by atoms with Gasteiger partial charge >= 0.3 is 7.15 Å². The van der Waals surface area contributed by atoms with E-state index in [-0.39, 0.29) is 18.4 Å². The molecular weight excluding hydrogens is 415 g/mol. The number of para-hydroxylation sites is 1. The van der Waals surface area contributed by atoms with Crippen LogP contribution in [0.1, 0.15) is 19.6 Å². The van der Waals surface area contributed by atoms with Gasteiger partial charge in [0, 0.05) is 6.42 Å². The number of anilines is 2. The van der Waals surface area contributed by atoms with Crippen molar-refractivity contribution in [3.8, 4) is 5.75 Å². The van der Waals surface area contributed by atoms with Crippen LogP contribution in [0.4, 0.5) is 11.8 Å². The largest absolute Gasteiger partial charge is 0.573 e. The molecule has 10 nitrogen and oxygen atoms in total. The van der Waals surface area contributed by atoms with E-state index < -0.39 is 25.1 Å². The normalized spacial score (nSPS) is 24.7. The van der Waals surface area contributed by atoms with E-state index >= 15 is 0 Å². The molecule has 29 heavy (non-hydrogen) atoms. The Morgan fingerprint density at radius 2 is 2.10 bits per heavy atom. The molecule has 3 aromatic rings. The lowest BCUT2D eigenvalue weighted by atomic mass is 10.0. The van der Waals surface area contributed by atoms with E-state index in [1.807, 2.05) is 18.2 Å². The van der Waals surface area contributed by atoms with Crippen molar-refractivity contribution in [3.63, 3.8) is 0 Å². The topological polar surface area (TPSA) is 144 Å². The van der Waals surface area contributed by atoms with Gasteiger partial charge in [0.25, 0.3) is 0 Å². The first-order valence-electron chi connectivity index (χ1n) is 8.80. The zero-order valence-electron chi connectivity index (χ0n) is 15.5. The number of nitrogens with zero attached hydrogens (tertiary/aromatic N) is 4. The summed E-state index contributed by atoms with van der Waals surface area (Å²) in [5, 5.41) is 10.9. The number of rotatable bonds is 6. The Morgan fingerprint density at radius 1 is 1.34 bits per heavy atom. The minimum Gasteiger partial charge on any atom is -0.385 e. The van der Waals surface area contributed by atoms with Crippen molar-refractivity contribution < 1.29 is 18.9 Å². The van der Waals surface area contributed by atoms with Gasteiger partial charge in [0.2, 0.25) is 17.8 Å². The molecule has 2 aromatic heterocycles. The van der Waals surface area contributed by atoms with Crippen LogP contribution in [0.25, 0.3) is 11.2 Å². The van der Waals surface area contributed by atoms with E-state index in [0.717, 1.165) is 0 Å². The Morgan fingerprint density at radius 3 is 2.86 bits per heavy atom. The number of aromatic nitrogens is 4. The van der Waals surface area contributed by atoms with Crippen LogP contribution in [0.2, 0.25) is 0 Å². The highest BCUT2D eigenvalue weighted by Crippen LogP contribution is 2.40. The minimum atomic E-state index is -1.55. The zero-order valence-corrected chi connectivity index (χ0v) is 17.2. The molecule has 1 aliphatic heterocycles. The number of fused-ring (bicyclic) bond motifs is 1. The van der Waals surface area contributed by atoms with Gasteiger partial charge in [-0.05, 0) is 19.1 Å². The number of nitrogens with two attached hydrogens (primary N) is 2. The molecule has 4 rings (SSSR count). The highest BCUT2D eigenvalue weighted by molar-refractivity contribution is 8.00. The zero-order chi connectivity index (χ0) is 20.6. The average molecular weight is 435 g/mol. The maximum Gasteiger partial charge on any atom is 0.573 e. The van der Waals surface area contributed by atoms with Crippen LogP contribution >= 0.6 is 7.15 Å². The summed E-state index contributed by atoms with van der Waals surface area (Å²) in [6, 6.07) is 9.21. The molecule has 3 heterocycles. The highest BCUT2D eigenvalue weighted by Gasteiger charge is 2.46. The SMILES string of the molecule is CC1(O)CC(CO[P+](=S)Oc2ccccc2)OC1n1cnc2c(N)nc(N)nc21. The molecule has 12 heteroatoms. The van der Waals surface area contributed by atoms with Crippen molar-refractivity contribution in [1.82, 2.24) is 19.5 Å². The molecule has 4 atom stereocenters. The third-order valence-corrected chi connectivity index (χ3v) is 5.76. The van der Waals surface area contributed by atoms with Gasteiger partial charge in [0.1, 0.15) is 17.7 Å². The Labute approximate surface area is 172 Å². The Hall–Kier alpha value is -2.43. The van der Waals surface area contributed by atoms with Gasteiger partial charge in [-0.25, -0.2) is 4.98 Å². The second-order valence-corrected chi connectivity index (χ2v) is 8.67. The maximum atomic E-state index is 10.9. The molecule has 1 fully saturated rings. The first-order chi connectivity index (χ1) is 13.8. The number of hydrogen-bond donors (Lipinski definition) is 3. The van der Waals surface area contributed by atoms with Gasteiger partial charge in [-0.15, -0.1) is 4.52 Å². The van der Waals surface area contributed by atoms with Crippen molar-refractivity contribution >= 4 is 41.9 Å². The van der Waals surface area contributed by atoms with Gasteiger partial charge in [0.05, 0.1) is 12.4 Å². The van der Waals surface area contributed by atoms with Crippen molar-refractivity contribution in [2.24, 2.45) is 0 Å². The minimum absolute atomic E-state index is 0.0177. The molecule has 0 amide bonds. The fourth-order valence-corrected chi connectivity index (χ4v) is 4.34.